The Morgan fingerprint density at radius 3 is 2.81 bits per heavy atom. The van der Waals surface area contributed by atoms with Crippen LogP contribution in [0.4, 0.5) is 0 Å². The highest BCUT2D eigenvalue weighted by molar-refractivity contribution is 7.20. The third-order valence-corrected chi connectivity index (χ3v) is 4.74. The van der Waals surface area contributed by atoms with Crippen LogP contribution in [0.2, 0.25) is 0 Å². The number of aliphatic hydroxyl groups is 1. The monoisotopic (exact) mass is 253 g/mol. The molecule has 1 unspecified atom stereocenters. The summed E-state index contributed by atoms with van der Waals surface area (Å²) in [6, 6.07) is 2.12. The van der Waals surface area contributed by atoms with E-state index in [0.717, 1.165) is 17.1 Å². The van der Waals surface area contributed by atoms with Crippen LogP contribution in [0.5, 0.6) is 0 Å². The Morgan fingerprint density at radius 2 is 2.25 bits per heavy atom. The Labute approximate surface area is 104 Å². The molecule has 86 valence electrons. The van der Waals surface area contributed by atoms with Gasteiger partial charge in [-0.25, -0.2) is 4.98 Å². The Bertz CT molecular complexity index is 457. The molecule has 0 fully saturated rings. The molecule has 0 saturated heterocycles. The van der Waals surface area contributed by atoms with Gasteiger partial charge in [-0.05, 0) is 30.4 Å². The van der Waals surface area contributed by atoms with E-state index < -0.39 is 0 Å². The molecule has 0 aromatic carbocycles. The zero-order chi connectivity index (χ0) is 11.5. The first-order valence-corrected chi connectivity index (χ1v) is 7.13. The molecular weight excluding hydrogens is 238 g/mol. The van der Waals surface area contributed by atoms with E-state index in [9.17, 15) is 5.11 Å². The first-order valence-electron chi connectivity index (χ1n) is 5.37. The normalized spacial score (nSPS) is 12.9. The molecule has 0 bridgehead atoms. The molecule has 16 heavy (non-hydrogen) atoms. The fraction of sp³-hybridized carbons (Fsp3) is 0.417. The predicted molar refractivity (Wildman–Crippen MR) is 70.3 cm³/mol. The maximum Gasteiger partial charge on any atom is 0.133 e. The van der Waals surface area contributed by atoms with Gasteiger partial charge < -0.3 is 5.11 Å². The van der Waals surface area contributed by atoms with Crippen molar-refractivity contribution in [2.24, 2.45) is 0 Å². The summed E-state index contributed by atoms with van der Waals surface area (Å²) in [5.74, 6) is 0.185. The van der Waals surface area contributed by atoms with Crippen molar-refractivity contribution in [3.05, 3.63) is 28.1 Å². The standard InChI is InChI=1S/C12H15NOS2/c1-3-9(6-14)10-7-16-12(13-10)11-8(2)4-5-15-11/h4-5,7,9,14H,3,6H2,1-2H3. The van der Waals surface area contributed by atoms with Gasteiger partial charge in [0.1, 0.15) is 5.01 Å². The SMILES string of the molecule is CCC(CO)c1csc(-c2sccc2C)n1. The summed E-state index contributed by atoms with van der Waals surface area (Å²) < 4.78 is 0. The van der Waals surface area contributed by atoms with Gasteiger partial charge in [-0.3, -0.25) is 0 Å². The first kappa shape index (κ1) is 11.8. The van der Waals surface area contributed by atoms with E-state index in [1.54, 1.807) is 22.7 Å². The Kier molecular flexibility index (Phi) is 3.74. The van der Waals surface area contributed by atoms with Crippen molar-refractivity contribution in [3.8, 4) is 9.88 Å². The molecule has 2 aromatic heterocycles. The van der Waals surface area contributed by atoms with E-state index in [4.69, 9.17) is 0 Å². The molecule has 0 aliphatic heterocycles. The second-order valence-corrected chi connectivity index (χ2v) is 5.57. The first-order chi connectivity index (χ1) is 7.76. The van der Waals surface area contributed by atoms with E-state index in [2.05, 4.69) is 35.7 Å². The van der Waals surface area contributed by atoms with E-state index in [1.807, 2.05) is 0 Å². The number of hydrogen-bond donors (Lipinski definition) is 1. The number of thiophene rings is 1. The summed E-state index contributed by atoms with van der Waals surface area (Å²) >= 11 is 3.40. The summed E-state index contributed by atoms with van der Waals surface area (Å²) in [4.78, 5) is 5.88. The van der Waals surface area contributed by atoms with Crippen LogP contribution in [0.25, 0.3) is 9.88 Å². The van der Waals surface area contributed by atoms with Crippen molar-refractivity contribution in [1.29, 1.82) is 0 Å². The highest BCUT2D eigenvalue weighted by Gasteiger charge is 2.14. The zero-order valence-corrected chi connectivity index (χ0v) is 11.1. The van der Waals surface area contributed by atoms with Crippen LogP contribution >= 0.6 is 22.7 Å². The minimum atomic E-state index is 0.184. The van der Waals surface area contributed by atoms with E-state index in [0.29, 0.717) is 0 Å². The quantitative estimate of drug-likeness (QED) is 0.902. The number of thiazole rings is 1. The van der Waals surface area contributed by atoms with Crippen LogP contribution in [0.1, 0.15) is 30.5 Å². The smallest absolute Gasteiger partial charge is 0.133 e. The number of aryl methyl sites for hydroxylation is 1. The second-order valence-electron chi connectivity index (χ2n) is 3.80. The predicted octanol–water partition coefficient (Wildman–Crippen LogP) is 3.67. The molecule has 4 heteroatoms. The number of aliphatic hydroxyl groups excluding tert-OH is 1. The molecule has 0 spiro atoms. The van der Waals surface area contributed by atoms with Crippen molar-refractivity contribution in [2.45, 2.75) is 26.2 Å². The van der Waals surface area contributed by atoms with E-state index >= 15 is 0 Å². The number of rotatable bonds is 4. The lowest BCUT2D eigenvalue weighted by molar-refractivity contribution is 0.260. The Hall–Kier alpha value is -0.710. The molecule has 2 nitrogen and oxygen atoms in total. The van der Waals surface area contributed by atoms with Crippen LogP contribution in [0.15, 0.2) is 16.8 Å². The van der Waals surface area contributed by atoms with Gasteiger partial charge in [0, 0.05) is 11.3 Å². The van der Waals surface area contributed by atoms with Gasteiger partial charge in [0.2, 0.25) is 0 Å². The van der Waals surface area contributed by atoms with Gasteiger partial charge in [-0.15, -0.1) is 22.7 Å². The molecule has 0 aliphatic carbocycles. The third-order valence-electron chi connectivity index (χ3n) is 2.71. The molecule has 0 aliphatic rings. The van der Waals surface area contributed by atoms with Crippen molar-refractivity contribution < 1.29 is 5.11 Å². The summed E-state index contributed by atoms with van der Waals surface area (Å²) in [5, 5.41) is 14.5. The van der Waals surface area contributed by atoms with Gasteiger partial charge in [-0.1, -0.05) is 6.92 Å². The van der Waals surface area contributed by atoms with Crippen molar-refractivity contribution in [3.63, 3.8) is 0 Å². The summed E-state index contributed by atoms with van der Waals surface area (Å²) in [6.45, 7) is 4.37. The van der Waals surface area contributed by atoms with Crippen LogP contribution in [-0.4, -0.2) is 16.7 Å². The molecule has 1 N–H and O–H groups in total. The fourth-order valence-corrected chi connectivity index (χ4v) is 3.60. The van der Waals surface area contributed by atoms with E-state index in [1.165, 1.54) is 10.4 Å². The van der Waals surface area contributed by atoms with Crippen molar-refractivity contribution in [2.75, 3.05) is 6.61 Å². The van der Waals surface area contributed by atoms with Crippen LogP contribution in [0, 0.1) is 6.92 Å². The highest BCUT2D eigenvalue weighted by atomic mass is 32.1. The van der Waals surface area contributed by atoms with Crippen molar-refractivity contribution in [1.82, 2.24) is 4.98 Å². The van der Waals surface area contributed by atoms with Crippen LogP contribution in [0.3, 0.4) is 0 Å². The minimum Gasteiger partial charge on any atom is -0.396 e. The lowest BCUT2D eigenvalue weighted by Crippen LogP contribution is -2.02. The van der Waals surface area contributed by atoms with Crippen LogP contribution in [-0.2, 0) is 0 Å². The molecule has 2 rings (SSSR count). The minimum absolute atomic E-state index is 0.184. The average Bonchev–Trinajstić information content (AvgIpc) is 2.89. The maximum atomic E-state index is 9.24. The molecular formula is C12H15NOS2. The van der Waals surface area contributed by atoms with Gasteiger partial charge in [-0.2, -0.15) is 0 Å². The average molecular weight is 253 g/mol. The summed E-state index contributed by atoms with van der Waals surface area (Å²) in [7, 11) is 0. The molecule has 1 atom stereocenters. The third kappa shape index (κ3) is 2.19. The molecule has 2 aromatic rings. The Morgan fingerprint density at radius 1 is 1.44 bits per heavy atom. The number of aromatic nitrogens is 1. The zero-order valence-electron chi connectivity index (χ0n) is 9.43. The van der Waals surface area contributed by atoms with E-state index in [-0.39, 0.29) is 12.5 Å². The van der Waals surface area contributed by atoms with Gasteiger partial charge >= 0.3 is 0 Å². The van der Waals surface area contributed by atoms with Gasteiger partial charge in [0.15, 0.2) is 0 Å². The topological polar surface area (TPSA) is 33.1 Å². The lowest BCUT2D eigenvalue weighted by atomic mass is 10.1. The largest absolute Gasteiger partial charge is 0.396 e. The molecule has 2 heterocycles. The van der Waals surface area contributed by atoms with Gasteiger partial charge in [0.25, 0.3) is 0 Å². The summed E-state index contributed by atoms with van der Waals surface area (Å²) in [6.07, 6.45) is 0.934. The fourth-order valence-electron chi connectivity index (χ4n) is 1.60. The lowest BCUT2D eigenvalue weighted by Gasteiger charge is -2.06. The Balaban J connectivity index is 2.29. The highest BCUT2D eigenvalue weighted by Crippen LogP contribution is 2.33. The summed E-state index contributed by atoms with van der Waals surface area (Å²) in [5.41, 5.74) is 2.31. The molecule has 0 saturated carbocycles. The van der Waals surface area contributed by atoms with Gasteiger partial charge in [0.05, 0.1) is 17.2 Å². The number of hydrogen-bond acceptors (Lipinski definition) is 4. The molecule has 0 radical (unpaired) electrons. The molecule has 0 amide bonds. The van der Waals surface area contributed by atoms with Crippen molar-refractivity contribution >= 4 is 22.7 Å². The number of nitrogens with zero attached hydrogens (tertiary/aromatic N) is 1. The maximum absolute atomic E-state index is 9.24. The van der Waals surface area contributed by atoms with Crippen LogP contribution < -0.4 is 0 Å². The second kappa shape index (κ2) is 5.08.